The maximum absolute atomic E-state index is 14.2. The molecule has 0 spiro atoms. The minimum Gasteiger partial charge on any atom is -0.505 e. The van der Waals surface area contributed by atoms with Crippen LogP contribution in [0.15, 0.2) is 66.7 Å². The highest BCUT2D eigenvalue weighted by atomic mass is 19.1. The number of benzene rings is 3. The number of rotatable bonds is 5. The van der Waals surface area contributed by atoms with Gasteiger partial charge in [-0.1, -0.05) is 50.2 Å². The highest BCUT2D eigenvalue weighted by molar-refractivity contribution is 5.99. The lowest BCUT2D eigenvalue weighted by Gasteiger charge is -2.24. The lowest BCUT2D eigenvalue weighted by atomic mass is 10.0. The van der Waals surface area contributed by atoms with E-state index in [0.29, 0.717) is 35.8 Å². The minimum atomic E-state index is -0.689. The molecule has 1 aliphatic rings. The van der Waals surface area contributed by atoms with Gasteiger partial charge in [0.25, 0.3) is 0 Å². The van der Waals surface area contributed by atoms with Crippen molar-refractivity contribution >= 4 is 23.3 Å². The Morgan fingerprint density at radius 2 is 1.62 bits per heavy atom. The highest BCUT2D eigenvalue weighted by Crippen LogP contribution is 2.29. The molecule has 34 heavy (non-hydrogen) atoms. The zero-order valence-electron chi connectivity index (χ0n) is 19.2. The van der Waals surface area contributed by atoms with Crippen molar-refractivity contribution in [3.05, 3.63) is 78.1 Å². The molecule has 1 fully saturated rings. The normalized spacial score (nSPS) is 15.4. The average molecular weight is 462 g/mol. The van der Waals surface area contributed by atoms with E-state index in [4.69, 9.17) is 0 Å². The van der Waals surface area contributed by atoms with Crippen molar-refractivity contribution in [1.82, 2.24) is 4.90 Å². The van der Waals surface area contributed by atoms with Crippen LogP contribution in [0.3, 0.4) is 0 Å². The van der Waals surface area contributed by atoms with E-state index in [-0.39, 0.29) is 17.5 Å². The zero-order valence-corrected chi connectivity index (χ0v) is 19.2. The number of anilines is 2. The van der Waals surface area contributed by atoms with Gasteiger partial charge >= 0.3 is 6.03 Å². The molecule has 6 nitrogen and oxygen atoms in total. The quantitative estimate of drug-likeness (QED) is 0.439. The predicted octanol–water partition coefficient (Wildman–Crippen LogP) is 5.96. The van der Waals surface area contributed by atoms with Gasteiger partial charge in [0.15, 0.2) is 11.6 Å². The summed E-state index contributed by atoms with van der Waals surface area (Å²) < 4.78 is 14.2. The van der Waals surface area contributed by atoms with E-state index in [2.05, 4.69) is 24.5 Å². The lowest BCUT2D eigenvalue weighted by Crippen LogP contribution is -2.45. The molecule has 1 heterocycles. The number of amides is 3. The topological polar surface area (TPSA) is 81.7 Å². The Kier molecular flexibility index (Phi) is 6.82. The Bertz CT molecular complexity index is 1180. The number of likely N-dealkylation sites (tertiary alicyclic amines) is 1. The number of hydrogen-bond acceptors (Lipinski definition) is 3. The van der Waals surface area contributed by atoms with Gasteiger partial charge in [-0.25, -0.2) is 9.18 Å². The van der Waals surface area contributed by atoms with Crippen LogP contribution in [-0.4, -0.2) is 34.5 Å². The Morgan fingerprint density at radius 3 is 2.29 bits per heavy atom. The largest absolute Gasteiger partial charge is 0.505 e. The van der Waals surface area contributed by atoms with E-state index < -0.39 is 17.6 Å². The van der Waals surface area contributed by atoms with Crippen LogP contribution in [0.4, 0.5) is 20.6 Å². The van der Waals surface area contributed by atoms with Crippen molar-refractivity contribution in [2.75, 3.05) is 17.2 Å². The number of phenolic OH excluding ortho intramolecular Hbond substituents is 1. The summed E-state index contributed by atoms with van der Waals surface area (Å²) in [5, 5.41) is 15.3. The lowest BCUT2D eigenvalue weighted by molar-refractivity contribution is -0.119. The molecular formula is C27H28FN3O3. The summed E-state index contributed by atoms with van der Waals surface area (Å²) in [6.07, 6.45) is 1.33. The number of halogens is 1. The number of phenols is 1. The smallest absolute Gasteiger partial charge is 0.322 e. The molecule has 176 valence electrons. The average Bonchev–Trinajstić information content (AvgIpc) is 3.32. The first kappa shape index (κ1) is 23.3. The Labute approximate surface area is 198 Å². The summed E-state index contributed by atoms with van der Waals surface area (Å²) in [4.78, 5) is 27.3. The van der Waals surface area contributed by atoms with Gasteiger partial charge in [-0.15, -0.1) is 0 Å². The molecule has 7 heteroatoms. The number of nitrogens with zero attached hydrogens (tertiary/aromatic N) is 1. The molecule has 0 aliphatic carbocycles. The van der Waals surface area contributed by atoms with Crippen molar-refractivity contribution in [2.45, 2.75) is 38.6 Å². The molecular weight excluding hydrogens is 433 g/mol. The SMILES string of the molecule is CC(C)c1ccc(NC(=O)N2CCC[C@@H]2C(=O)Nc2ccc(-c3cccc(O)c3F)cc2)cc1. The second-order valence-corrected chi connectivity index (χ2v) is 8.76. The molecule has 0 radical (unpaired) electrons. The maximum atomic E-state index is 14.2. The molecule has 1 saturated heterocycles. The molecule has 3 N–H and O–H groups in total. The van der Waals surface area contributed by atoms with Gasteiger partial charge in [-0.3, -0.25) is 4.79 Å². The summed E-state index contributed by atoms with van der Waals surface area (Å²) in [5.41, 5.74) is 3.28. The summed E-state index contributed by atoms with van der Waals surface area (Å²) in [7, 11) is 0. The van der Waals surface area contributed by atoms with Gasteiger partial charge in [0.05, 0.1) is 0 Å². The van der Waals surface area contributed by atoms with Crippen LogP contribution in [0, 0.1) is 5.82 Å². The molecule has 1 atom stereocenters. The van der Waals surface area contributed by atoms with Gasteiger partial charge in [0, 0.05) is 23.5 Å². The third-order valence-corrected chi connectivity index (χ3v) is 6.09. The first-order valence-electron chi connectivity index (χ1n) is 11.4. The van der Waals surface area contributed by atoms with Crippen molar-refractivity contribution < 1.29 is 19.1 Å². The van der Waals surface area contributed by atoms with Crippen LogP contribution in [0.1, 0.15) is 38.2 Å². The van der Waals surface area contributed by atoms with Crippen molar-refractivity contribution in [3.8, 4) is 16.9 Å². The molecule has 3 aromatic carbocycles. The van der Waals surface area contributed by atoms with E-state index in [1.54, 1.807) is 41.3 Å². The van der Waals surface area contributed by atoms with Gasteiger partial charge in [-0.05, 0) is 60.2 Å². The number of urea groups is 1. The van der Waals surface area contributed by atoms with Gasteiger partial charge in [0.2, 0.25) is 5.91 Å². The molecule has 3 aromatic rings. The molecule has 0 unspecified atom stereocenters. The molecule has 1 aliphatic heterocycles. The van der Waals surface area contributed by atoms with Crippen LogP contribution >= 0.6 is 0 Å². The molecule has 0 bridgehead atoms. The monoisotopic (exact) mass is 461 g/mol. The summed E-state index contributed by atoms with van der Waals surface area (Å²) >= 11 is 0. The number of carbonyl (C=O) groups excluding carboxylic acids is 2. The molecule has 0 saturated carbocycles. The first-order chi connectivity index (χ1) is 16.3. The van der Waals surface area contributed by atoms with Crippen LogP contribution < -0.4 is 10.6 Å². The van der Waals surface area contributed by atoms with E-state index in [9.17, 15) is 19.1 Å². The number of hydrogen-bond donors (Lipinski definition) is 3. The fraction of sp³-hybridized carbons (Fsp3) is 0.259. The third kappa shape index (κ3) is 5.03. The fourth-order valence-corrected chi connectivity index (χ4v) is 4.13. The maximum Gasteiger partial charge on any atom is 0.322 e. The molecule has 0 aromatic heterocycles. The first-order valence-corrected chi connectivity index (χ1v) is 11.4. The van der Waals surface area contributed by atoms with Gasteiger partial charge in [0.1, 0.15) is 6.04 Å². The van der Waals surface area contributed by atoms with E-state index in [1.165, 1.54) is 11.6 Å². The number of aromatic hydroxyl groups is 1. The van der Waals surface area contributed by atoms with E-state index in [0.717, 1.165) is 6.42 Å². The standard InChI is InChI=1S/C27H28FN3O3/c1-17(2)18-8-12-21(13-9-18)30-27(34)31-16-4-6-23(31)26(33)29-20-14-10-19(11-15-20)22-5-3-7-24(32)25(22)28/h3,5,7-15,17,23,32H,4,6,16H2,1-2H3,(H,29,33)(H,30,34)/t23-/m1/s1. The van der Waals surface area contributed by atoms with Gasteiger partial charge in [-0.2, -0.15) is 0 Å². The molecule has 3 amide bonds. The van der Waals surface area contributed by atoms with Crippen LogP contribution in [0.2, 0.25) is 0 Å². The predicted molar refractivity (Wildman–Crippen MR) is 131 cm³/mol. The van der Waals surface area contributed by atoms with E-state index in [1.807, 2.05) is 24.3 Å². The third-order valence-electron chi connectivity index (χ3n) is 6.09. The van der Waals surface area contributed by atoms with Gasteiger partial charge < -0.3 is 20.6 Å². The Hall–Kier alpha value is -3.87. The minimum absolute atomic E-state index is 0.265. The number of carbonyl (C=O) groups is 2. The second kappa shape index (κ2) is 9.95. The summed E-state index contributed by atoms with van der Waals surface area (Å²) in [6.45, 7) is 4.72. The zero-order chi connectivity index (χ0) is 24.2. The Morgan fingerprint density at radius 1 is 0.971 bits per heavy atom. The highest BCUT2D eigenvalue weighted by Gasteiger charge is 2.34. The van der Waals surface area contributed by atoms with Crippen LogP contribution in [-0.2, 0) is 4.79 Å². The van der Waals surface area contributed by atoms with Crippen LogP contribution in [0.25, 0.3) is 11.1 Å². The van der Waals surface area contributed by atoms with Crippen LogP contribution in [0.5, 0.6) is 5.75 Å². The van der Waals surface area contributed by atoms with Crippen molar-refractivity contribution in [3.63, 3.8) is 0 Å². The Balaban J connectivity index is 1.40. The second-order valence-electron chi connectivity index (χ2n) is 8.76. The van der Waals surface area contributed by atoms with Crippen molar-refractivity contribution in [2.24, 2.45) is 0 Å². The summed E-state index contributed by atoms with van der Waals surface area (Å²) in [6, 6.07) is 18.0. The fourth-order valence-electron chi connectivity index (χ4n) is 4.13. The van der Waals surface area contributed by atoms with E-state index >= 15 is 0 Å². The van der Waals surface area contributed by atoms with Crippen molar-refractivity contribution in [1.29, 1.82) is 0 Å². The number of nitrogens with one attached hydrogen (secondary N) is 2. The summed E-state index contributed by atoms with van der Waals surface area (Å²) in [5.74, 6) is -0.959. The molecule has 4 rings (SSSR count).